The number of piperazine rings is 1. The minimum Gasteiger partial charge on any atom is -0.382 e. The van der Waals surface area contributed by atoms with Crippen molar-refractivity contribution in [1.82, 2.24) is 20.0 Å². The van der Waals surface area contributed by atoms with Gasteiger partial charge in [-0.05, 0) is 66.5 Å². The number of dihydropyridines is 1. The monoisotopic (exact) mass is 561 g/mol. The Kier molecular flexibility index (Phi) is 7.42. The summed E-state index contributed by atoms with van der Waals surface area (Å²) in [6.07, 6.45) is 6.48. The van der Waals surface area contributed by atoms with Crippen molar-refractivity contribution in [3.63, 3.8) is 0 Å². The molecular formula is C26H33BrClN5O2. The van der Waals surface area contributed by atoms with Gasteiger partial charge in [0, 0.05) is 67.4 Å². The lowest BCUT2D eigenvalue weighted by Gasteiger charge is -2.42. The second-order valence-corrected chi connectivity index (χ2v) is 11.5. The molecule has 0 saturated carbocycles. The van der Waals surface area contributed by atoms with E-state index in [4.69, 9.17) is 17.3 Å². The van der Waals surface area contributed by atoms with E-state index in [-0.39, 0.29) is 18.0 Å². The van der Waals surface area contributed by atoms with Crippen molar-refractivity contribution < 1.29 is 9.59 Å². The van der Waals surface area contributed by atoms with E-state index >= 15 is 0 Å². The van der Waals surface area contributed by atoms with Crippen molar-refractivity contribution in [2.75, 3.05) is 45.8 Å². The summed E-state index contributed by atoms with van der Waals surface area (Å²) in [5.41, 5.74) is 10.7. The number of carbonyl (C=O) groups excluding carboxylic acids is 2. The third-order valence-electron chi connectivity index (χ3n) is 7.88. The number of hydrogen-bond acceptors (Lipinski definition) is 4. The Morgan fingerprint density at radius 2 is 1.80 bits per heavy atom. The van der Waals surface area contributed by atoms with Crippen LogP contribution < -0.4 is 11.1 Å². The van der Waals surface area contributed by atoms with Crippen LogP contribution in [0.15, 0.2) is 40.0 Å². The number of carbonyl (C=O) groups is 2. The molecule has 1 aromatic rings. The molecule has 0 bridgehead atoms. The fourth-order valence-corrected chi connectivity index (χ4v) is 6.53. The Hall–Kier alpha value is -2.03. The van der Waals surface area contributed by atoms with Gasteiger partial charge in [-0.15, -0.1) is 0 Å². The molecule has 5 rings (SSSR count). The van der Waals surface area contributed by atoms with Crippen LogP contribution in [0.3, 0.4) is 0 Å². The van der Waals surface area contributed by atoms with Crippen LogP contribution in [0.1, 0.15) is 42.9 Å². The van der Waals surface area contributed by atoms with E-state index in [1.54, 1.807) is 4.90 Å². The molecule has 2 fully saturated rings. The number of urea groups is 1. The molecule has 4 aliphatic rings. The van der Waals surface area contributed by atoms with Gasteiger partial charge in [-0.2, -0.15) is 0 Å². The molecule has 1 aromatic carbocycles. The zero-order valence-electron chi connectivity index (χ0n) is 19.9. The highest BCUT2D eigenvalue weighted by molar-refractivity contribution is 9.11. The normalized spacial score (nSPS) is 23.7. The molecule has 2 saturated heterocycles. The van der Waals surface area contributed by atoms with Gasteiger partial charge in [-0.3, -0.25) is 9.69 Å². The van der Waals surface area contributed by atoms with Crippen LogP contribution >= 0.6 is 27.5 Å². The molecule has 1 atom stereocenters. The fourth-order valence-electron chi connectivity index (χ4n) is 5.91. The van der Waals surface area contributed by atoms with Gasteiger partial charge in [0.1, 0.15) is 0 Å². The number of likely N-dealkylation sites (tertiary alicyclic amines) is 1. The number of aryl methyl sites for hydroxylation is 1. The lowest BCUT2D eigenvalue weighted by Crippen LogP contribution is -2.51. The summed E-state index contributed by atoms with van der Waals surface area (Å²) in [6, 6.07) is 6.08. The Balaban J connectivity index is 1.27. The number of primary amides is 1. The Labute approximate surface area is 220 Å². The maximum Gasteiger partial charge on any atom is 0.314 e. The van der Waals surface area contributed by atoms with Gasteiger partial charge in [0.2, 0.25) is 5.91 Å². The van der Waals surface area contributed by atoms with Crippen LogP contribution in [-0.4, -0.2) is 72.5 Å². The molecule has 188 valence electrons. The number of nitrogens with one attached hydrogen (secondary N) is 1. The van der Waals surface area contributed by atoms with E-state index in [1.807, 2.05) is 11.0 Å². The van der Waals surface area contributed by atoms with Gasteiger partial charge in [-0.1, -0.05) is 33.6 Å². The third-order valence-corrected chi connectivity index (χ3v) is 8.63. The second-order valence-electron chi connectivity index (χ2n) is 10.0. The summed E-state index contributed by atoms with van der Waals surface area (Å²) in [4.78, 5) is 30.6. The number of fused-ring (bicyclic) bond motifs is 1. The summed E-state index contributed by atoms with van der Waals surface area (Å²) in [6.45, 7) is 5.25. The van der Waals surface area contributed by atoms with Crippen molar-refractivity contribution in [1.29, 1.82) is 0 Å². The maximum absolute atomic E-state index is 13.1. The molecular weight excluding hydrogens is 530 g/mol. The molecule has 3 N–H and O–H groups in total. The Morgan fingerprint density at radius 3 is 2.51 bits per heavy atom. The van der Waals surface area contributed by atoms with Crippen LogP contribution in [-0.2, 0) is 11.2 Å². The second kappa shape index (κ2) is 10.5. The SMILES string of the molecule is NC(=O)N1CCC(CC(=O)N2CCN(C3C4=C(C=C(Br)CN4)CCc4cc(Cl)ccc43)CC2)CC1. The van der Waals surface area contributed by atoms with Gasteiger partial charge in [0.25, 0.3) is 0 Å². The number of piperidine rings is 1. The number of nitrogens with two attached hydrogens (primary N) is 1. The topological polar surface area (TPSA) is 81.9 Å². The van der Waals surface area contributed by atoms with Gasteiger partial charge >= 0.3 is 6.03 Å². The molecule has 9 heteroatoms. The van der Waals surface area contributed by atoms with Gasteiger partial charge in [-0.25, -0.2) is 4.79 Å². The van der Waals surface area contributed by atoms with E-state index < -0.39 is 0 Å². The molecule has 1 unspecified atom stereocenters. The molecule has 35 heavy (non-hydrogen) atoms. The van der Waals surface area contributed by atoms with Crippen molar-refractivity contribution in [2.24, 2.45) is 11.7 Å². The minimum absolute atomic E-state index is 0.145. The van der Waals surface area contributed by atoms with E-state index in [0.717, 1.165) is 63.4 Å². The van der Waals surface area contributed by atoms with Crippen molar-refractivity contribution in [3.05, 3.63) is 56.2 Å². The highest BCUT2D eigenvalue weighted by atomic mass is 79.9. The van der Waals surface area contributed by atoms with E-state index in [2.05, 4.69) is 44.4 Å². The number of amides is 3. The zero-order valence-corrected chi connectivity index (χ0v) is 22.3. The minimum atomic E-state index is -0.359. The summed E-state index contributed by atoms with van der Waals surface area (Å²) in [5.74, 6) is 0.566. The van der Waals surface area contributed by atoms with Gasteiger partial charge < -0.3 is 20.9 Å². The zero-order chi connectivity index (χ0) is 24.5. The standard InChI is InChI=1S/C26H33BrClN5O2/c27-20-14-19-2-1-18-15-21(28)3-4-22(18)25(24(19)30-16-20)32-11-9-31(10-12-32)23(34)13-17-5-7-33(8-6-17)26(29)35/h3-4,14-15,17,25,30H,1-2,5-13,16H2,(H2,29,35). The Morgan fingerprint density at radius 1 is 1.06 bits per heavy atom. The number of allylic oxidation sites excluding steroid dienone is 2. The van der Waals surface area contributed by atoms with Gasteiger partial charge in [0.15, 0.2) is 0 Å². The smallest absolute Gasteiger partial charge is 0.314 e. The first-order valence-electron chi connectivity index (χ1n) is 12.6. The molecule has 0 radical (unpaired) electrons. The molecule has 0 aromatic heterocycles. The number of hydrogen-bond donors (Lipinski definition) is 2. The lowest BCUT2D eigenvalue weighted by molar-refractivity contribution is -0.134. The fraction of sp³-hybridized carbons (Fsp3) is 0.538. The predicted molar refractivity (Wildman–Crippen MR) is 141 cm³/mol. The summed E-state index contributed by atoms with van der Waals surface area (Å²) in [5, 5.41) is 4.47. The summed E-state index contributed by atoms with van der Waals surface area (Å²) >= 11 is 10.0. The molecule has 3 aliphatic heterocycles. The number of benzene rings is 1. The van der Waals surface area contributed by atoms with Crippen LogP contribution in [0.5, 0.6) is 0 Å². The van der Waals surface area contributed by atoms with E-state index in [0.29, 0.717) is 25.4 Å². The summed E-state index contributed by atoms with van der Waals surface area (Å²) < 4.78 is 1.18. The lowest BCUT2D eigenvalue weighted by atomic mass is 9.92. The average Bonchev–Trinajstić information content (AvgIpc) is 3.00. The first-order chi connectivity index (χ1) is 16.9. The van der Waals surface area contributed by atoms with E-state index in [1.165, 1.54) is 26.9 Å². The van der Waals surface area contributed by atoms with Crippen molar-refractivity contribution in [2.45, 2.75) is 38.1 Å². The average molecular weight is 563 g/mol. The summed E-state index contributed by atoms with van der Waals surface area (Å²) in [7, 11) is 0. The van der Waals surface area contributed by atoms with Crippen LogP contribution in [0, 0.1) is 5.92 Å². The van der Waals surface area contributed by atoms with Crippen LogP contribution in [0.25, 0.3) is 0 Å². The van der Waals surface area contributed by atoms with Crippen LogP contribution in [0.4, 0.5) is 4.79 Å². The molecule has 3 heterocycles. The Bertz CT molecular complexity index is 1060. The molecule has 1 aliphatic carbocycles. The molecule has 3 amide bonds. The first-order valence-corrected chi connectivity index (χ1v) is 13.7. The third kappa shape index (κ3) is 5.39. The number of nitrogens with zero attached hydrogens (tertiary/aromatic N) is 3. The van der Waals surface area contributed by atoms with Gasteiger partial charge in [0.05, 0.1) is 6.04 Å². The quantitative estimate of drug-likeness (QED) is 0.587. The highest BCUT2D eigenvalue weighted by Gasteiger charge is 2.35. The molecule has 0 spiro atoms. The first kappa shape index (κ1) is 24.7. The van der Waals surface area contributed by atoms with Crippen LogP contribution in [0.2, 0.25) is 5.02 Å². The number of rotatable bonds is 3. The predicted octanol–water partition coefficient (Wildman–Crippen LogP) is 3.79. The largest absolute Gasteiger partial charge is 0.382 e. The highest BCUT2D eigenvalue weighted by Crippen LogP contribution is 2.40. The van der Waals surface area contributed by atoms with Crippen molar-refractivity contribution in [3.8, 4) is 0 Å². The maximum atomic E-state index is 13.1. The van der Waals surface area contributed by atoms with E-state index in [9.17, 15) is 9.59 Å². The molecule has 7 nitrogen and oxygen atoms in total. The van der Waals surface area contributed by atoms with Crippen molar-refractivity contribution >= 4 is 39.5 Å². The number of halogens is 2.